The van der Waals surface area contributed by atoms with Gasteiger partial charge >= 0.3 is 0 Å². The fourth-order valence-corrected chi connectivity index (χ4v) is 3.80. The van der Waals surface area contributed by atoms with E-state index in [4.69, 9.17) is 9.47 Å². The molecule has 6 nitrogen and oxygen atoms in total. The van der Waals surface area contributed by atoms with Crippen molar-refractivity contribution in [2.45, 2.75) is 23.4 Å². The molecule has 0 unspecified atom stereocenters. The largest absolute Gasteiger partial charge is 0.494 e. The third kappa shape index (κ3) is 6.33. The van der Waals surface area contributed by atoms with Gasteiger partial charge in [0.25, 0.3) is 11.8 Å². The number of nitrogens with one attached hydrogen (secondary N) is 1. The van der Waals surface area contributed by atoms with E-state index in [1.165, 1.54) is 11.8 Å². The highest BCUT2D eigenvalue weighted by atomic mass is 32.2. The van der Waals surface area contributed by atoms with Crippen LogP contribution in [0.3, 0.4) is 0 Å². The molecular weight excluding hydrogens is 434 g/mol. The van der Waals surface area contributed by atoms with E-state index < -0.39 is 0 Å². The number of hydrogen-bond donors (Lipinski definition) is 1. The third-order valence-corrected chi connectivity index (χ3v) is 5.59. The number of ether oxygens (including phenoxy) is 2. The molecule has 4 aromatic rings. The topological polar surface area (TPSA) is 73.3 Å². The van der Waals surface area contributed by atoms with Crippen LogP contribution >= 0.6 is 11.8 Å². The van der Waals surface area contributed by atoms with Crippen molar-refractivity contribution in [3.05, 3.63) is 102 Å². The van der Waals surface area contributed by atoms with Crippen molar-refractivity contribution in [3.63, 3.8) is 0 Å². The van der Waals surface area contributed by atoms with Crippen LogP contribution in [-0.2, 0) is 6.54 Å². The van der Waals surface area contributed by atoms with Crippen molar-refractivity contribution in [1.82, 2.24) is 15.3 Å². The molecule has 1 N–H and O–H groups in total. The molecule has 0 aliphatic rings. The number of carbonyl (C=O) groups excluding carboxylic acids is 1. The van der Waals surface area contributed by atoms with Gasteiger partial charge < -0.3 is 14.8 Å². The second-order valence-electron chi connectivity index (χ2n) is 6.97. The molecule has 0 bridgehead atoms. The van der Waals surface area contributed by atoms with Crippen molar-refractivity contribution in [2.75, 3.05) is 6.61 Å². The Hall–Kier alpha value is -3.84. The lowest BCUT2D eigenvalue weighted by atomic mass is 10.2. The Labute approximate surface area is 197 Å². The van der Waals surface area contributed by atoms with Crippen LogP contribution in [0.15, 0.2) is 101 Å². The minimum Gasteiger partial charge on any atom is -0.494 e. The molecule has 4 rings (SSSR count). The summed E-state index contributed by atoms with van der Waals surface area (Å²) in [5.74, 6) is 1.65. The van der Waals surface area contributed by atoms with E-state index in [1.807, 2.05) is 61.5 Å². The van der Waals surface area contributed by atoms with E-state index in [2.05, 4.69) is 15.3 Å². The Morgan fingerprint density at radius 3 is 2.30 bits per heavy atom. The molecule has 166 valence electrons. The molecule has 0 aliphatic heterocycles. The molecule has 0 saturated heterocycles. The first-order valence-corrected chi connectivity index (χ1v) is 11.3. The van der Waals surface area contributed by atoms with Crippen LogP contribution in [0.1, 0.15) is 22.8 Å². The molecule has 0 radical (unpaired) electrons. The van der Waals surface area contributed by atoms with Gasteiger partial charge in [-0.1, -0.05) is 42.1 Å². The first-order chi connectivity index (χ1) is 16.2. The van der Waals surface area contributed by atoms with Crippen molar-refractivity contribution in [1.29, 1.82) is 0 Å². The Morgan fingerprint density at radius 1 is 0.879 bits per heavy atom. The van der Waals surface area contributed by atoms with Gasteiger partial charge in [-0.3, -0.25) is 4.79 Å². The predicted molar refractivity (Wildman–Crippen MR) is 128 cm³/mol. The number of carbonyl (C=O) groups is 1. The monoisotopic (exact) mass is 457 g/mol. The van der Waals surface area contributed by atoms with Gasteiger partial charge in [-0.05, 0) is 61.0 Å². The Bertz CT molecular complexity index is 1180. The van der Waals surface area contributed by atoms with Gasteiger partial charge in [-0.25, -0.2) is 9.97 Å². The van der Waals surface area contributed by atoms with Crippen LogP contribution in [0, 0.1) is 0 Å². The minimum absolute atomic E-state index is 0.157. The van der Waals surface area contributed by atoms with Gasteiger partial charge in [-0.15, -0.1) is 0 Å². The molecular formula is C26H23N3O3S. The van der Waals surface area contributed by atoms with Crippen molar-refractivity contribution in [2.24, 2.45) is 0 Å². The Morgan fingerprint density at radius 2 is 1.58 bits per heavy atom. The molecule has 0 atom stereocenters. The standard InChI is InChI=1S/C26H23N3O3S/c1-2-31-21-12-8-19(9-13-21)18-29-24(30)20-10-14-22(15-11-20)32-25-26(28-17-16-27-25)33-23-6-4-3-5-7-23/h3-17H,2,18H2,1H3,(H,29,30). The molecule has 1 heterocycles. The summed E-state index contributed by atoms with van der Waals surface area (Å²) in [6.07, 6.45) is 3.23. The summed E-state index contributed by atoms with van der Waals surface area (Å²) in [7, 11) is 0. The lowest BCUT2D eigenvalue weighted by Crippen LogP contribution is -2.22. The molecule has 0 saturated carbocycles. The van der Waals surface area contributed by atoms with Crippen molar-refractivity contribution < 1.29 is 14.3 Å². The molecule has 0 aliphatic carbocycles. The second-order valence-corrected chi connectivity index (χ2v) is 8.03. The van der Waals surface area contributed by atoms with Crippen LogP contribution in [0.2, 0.25) is 0 Å². The molecule has 1 aromatic heterocycles. The highest BCUT2D eigenvalue weighted by Crippen LogP contribution is 2.33. The summed E-state index contributed by atoms with van der Waals surface area (Å²) in [5.41, 5.74) is 1.55. The van der Waals surface area contributed by atoms with Crippen LogP contribution in [0.4, 0.5) is 0 Å². The highest BCUT2D eigenvalue weighted by molar-refractivity contribution is 7.99. The summed E-state index contributed by atoms with van der Waals surface area (Å²) in [5, 5.41) is 3.59. The van der Waals surface area contributed by atoms with E-state index in [1.54, 1.807) is 36.7 Å². The SMILES string of the molecule is CCOc1ccc(CNC(=O)c2ccc(Oc3nccnc3Sc3ccccc3)cc2)cc1. The van der Waals surface area contributed by atoms with Crippen molar-refractivity contribution in [3.8, 4) is 17.4 Å². The van der Waals surface area contributed by atoms with Crippen LogP contribution in [0.25, 0.3) is 0 Å². The molecule has 33 heavy (non-hydrogen) atoms. The van der Waals surface area contributed by atoms with Gasteiger partial charge in [0.15, 0.2) is 5.03 Å². The van der Waals surface area contributed by atoms with Gasteiger partial charge in [0.1, 0.15) is 11.5 Å². The average Bonchev–Trinajstić information content (AvgIpc) is 2.86. The number of nitrogens with zero attached hydrogens (tertiary/aromatic N) is 2. The minimum atomic E-state index is -0.157. The molecule has 3 aromatic carbocycles. The quantitative estimate of drug-likeness (QED) is 0.345. The summed E-state index contributed by atoms with van der Waals surface area (Å²) in [6.45, 7) is 3.00. The maximum Gasteiger partial charge on any atom is 0.252 e. The van der Waals surface area contributed by atoms with Gasteiger partial charge in [0, 0.05) is 29.4 Å². The lowest BCUT2D eigenvalue weighted by molar-refractivity contribution is 0.0951. The average molecular weight is 458 g/mol. The van der Waals surface area contributed by atoms with E-state index >= 15 is 0 Å². The first-order valence-electron chi connectivity index (χ1n) is 10.5. The van der Waals surface area contributed by atoms with Gasteiger partial charge in [-0.2, -0.15) is 0 Å². The number of hydrogen-bond acceptors (Lipinski definition) is 6. The van der Waals surface area contributed by atoms with E-state index in [-0.39, 0.29) is 5.91 Å². The van der Waals surface area contributed by atoms with Gasteiger partial charge in [0.05, 0.1) is 6.61 Å². The van der Waals surface area contributed by atoms with Crippen molar-refractivity contribution >= 4 is 17.7 Å². The highest BCUT2D eigenvalue weighted by Gasteiger charge is 2.11. The number of benzene rings is 3. The summed E-state index contributed by atoms with van der Waals surface area (Å²) in [4.78, 5) is 22.3. The maximum absolute atomic E-state index is 12.5. The maximum atomic E-state index is 12.5. The smallest absolute Gasteiger partial charge is 0.252 e. The zero-order valence-electron chi connectivity index (χ0n) is 18.1. The lowest BCUT2D eigenvalue weighted by Gasteiger charge is -2.10. The zero-order valence-corrected chi connectivity index (χ0v) is 18.9. The second kappa shape index (κ2) is 11.2. The Balaban J connectivity index is 1.36. The van der Waals surface area contributed by atoms with E-state index in [9.17, 15) is 4.79 Å². The molecule has 1 amide bonds. The normalized spacial score (nSPS) is 10.5. The first kappa shape index (κ1) is 22.4. The summed E-state index contributed by atoms with van der Waals surface area (Å²) < 4.78 is 11.4. The Kier molecular flexibility index (Phi) is 7.56. The summed E-state index contributed by atoms with van der Waals surface area (Å²) in [6, 6.07) is 24.5. The fraction of sp³-hybridized carbons (Fsp3) is 0.115. The van der Waals surface area contributed by atoms with Crippen LogP contribution in [0.5, 0.6) is 17.4 Å². The fourth-order valence-electron chi connectivity index (χ4n) is 2.99. The van der Waals surface area contributed by atoms with Crippen LogP contribution < -0.4 is 14.8 Å². The van der Waals surface area contributed by atoms with E-state index in [0.29, 0.717) is 35.4 Å². The number of amides is 1. The number of aromatic nitrogens is 2. The van der Waals surface area contributed by atoms with E-state index in [0.717, 1.165) is 16.2 Å². The molecule has 0 spiro atoms. The van der Waals surface area contributed by atoms with Gasteiger partial charge in [0.2, 0.25) is 0 Å². The van der Waals surface area contributed by atoms with Crippen LogP contribution in [-0.4, -0.2) is 22.5 Å². The third-order valence-electron chi connectivity index (χ3n) is 4.61. The molecule has 0 fully saturated rings. The molecule has 7 heteroatoms. The summed E-state index contributed by atoms with van der Waals surface area (Å²) >= 11 is 1.48. The zero-order chi connectivity index (χ0) is 22.9. The number of rotatable bonds is 9. The predicted octanol–water partition coefficient (Wildman–Crippen LogP) is 5.75.